The van der Waals surface area contributed by atoms with Gasteiger partial charge >= 0.3 is 12.3 Å². The van der Waals surface area contributed by atoms with Crippen molar-refractivity contribution in [1.29, 1.82) is 0 Å². The number of hydrogen-bond donors (Lipinski definition) is 1. The van der Waals surface area contributed by atoms with E-state index in [4.69, 9.17) is 14.4 Å². The Morgan fingerprint density at radius 3 is 2.45 bits per heavy atom. The highest BCUT2D eigenvalue weighted by atomic mass is 19.4. The quantitative estimate of drug-likeness (QED) is 0.246. The summed E-state index contributed by atoms with van der Waals surface area (Å²) in [6.07, 6.45) is -5.64. The molecule has 1 N–H and O–H groups in total. The summed E-state index contributed by atoms with van der Waals surface area (Å²) in [5, 5.41) is 12.8. The summed E-state index contributed by atoms with van der Waals surface area (Å²) in [5.74, 6) is 0.0106. The SMILES string of the molecule is Cc1ccc(CC(c2cccc(C(F)(F)F)c2)c2nc(-c3ccc(CN4CC(OC(=O)O)C4)cc3)no2)cc1C. The van der Waals surface area contributed by atoms with E-state index < -0.39 is 23.8 Å². The zero-order valence-electron chi connectivity index (χ0n) is 22.0. The van der Waals surface area contributed by atoms with Gasteiger partial charge in [-0.15, -0.1) is 0 Å². The number of aromatic nitrogens is 2. The van der Waals surface area contributed by atoms with Crippen molar-refractivity contribution < 1.29 is 32.3 Å². The Morgan fingerprint density at radius 1 is 1.05 bits per heavy atom. The fourth-order valence-electron chi connectivity index (χ4n) is 4.83. The van der Waals surface area contributed by atoms with Crippen molar-refractivity contribution in [2.45, 2.75) is 45.0 Å². The molecule has 0 amide bonds. The molecular formula is C30H28F3N3O4. The van der Waals surface area contributed by atoms with E-state index in [1.807, 2.05) is 56.3 Å². The van der Waals surface area contributed by atoms with E-state index in [-0.39, 0.29) is 12.0 Å². The van der Waals surface area contributed by atoms with E-state index in [1.165, 1.54) is 6.07 Å². The predicted molar refractivity (Wildman–Crippen MR) is 141 cm³/mol. The molecule has 1 aliphatic heterocycles. The number of aryl methyl sites for hydroxylation is 2. The predicted octanol–water partition coefficient (Wildman–Crippen LogP) is 6.63. The molecule has 2 heterocycles. The average molecular weight is 552 g/mol. The van der Waals surface area contributed by atoms with Crippen LogP contribution in [0.3, 0.4) is 0 Å². The molecule has 7 nitrogen and oxygen atoms in total. The first-order chi connectivity index (χ1) is 19.0. The minimum atomic E-state index is -4.47. The van der Waals surface area contributed by atoms with Gasteiger partial charge in [-0.2, -0.15) is 18.2 Å². The second-order valence-electron chi connectivity index (χ2n) is 10.2. The lowest BCUT2D eigenvalue weighted by atomic mass is 9.89. The van der Waals surface area contributed by atoms with E-state index >= 15 is 0 Å². The number of carbonyl (C=O) groups is 1. The molecule has 0 saturated carbocycles. The molecule has 0 radical (unpaired) electrons. The first-order valence-electron chi connectivity index (χ1n) is 12.8. The largest absolute Gasteiger partial charge is 0.506 e. The van der Waals surface area contributed by atoms with Crippen LogP contribution >= 0.6 is 0 Å². The molecule has 0 spiro atoms. The van der Waals surface area contributed by atoms with Gasteiger partial charge in [0.2, 0.25) is 11.7 Å². The lowest BCUT2D eigenvalue weighted by Crippen LogP contribution is -2.52. The number of likely N-dealkylation sites (tertiary alicyclic amines) is 1. The maximum atomic E-state index is 13.5. The van der Waals surface area contributed by atoms with Gasteiger partial charge in [0.15, 0.2) is 0 Å². The zero-order valence-corrected chi connectivity index (χ0v) is 22.0. The summed E-state index contributed by atoms with van der Waals surface area (Å²) in [5.41, 5.74) is 4.63. The summed E-state index contributed by atoms with van der Waals surface area (Å²) >= 11 is 0. The Labute approximate surface area is 229 Å². The Bertz CT molecular complexity index is 1490. The molecule has 1 fully saturated rings. The topological polar surface area (TPSA) is 88.7 Å². The molecule has 4 aromatic rings. The normalized spacial score (nSPS) is 15.0. The van der Waals surface area contributed by atoms with E-state index in [1.54, 1.807) is 6.07 Å². The molecule has 1 unspecified atom stereocenters. The van der Waals surface area contributed by atoms with Crippen LogP contribution in [0.2, 0.25) is 0 Å². The highest BCUT2D eigenvalue weighted by molar-refractivity contribution is 5.57. The Morgan fingerprint density at radius 2 is 1.77 bits per heavy atom. The summed E-state index contributed by atoms with van der Waals surface area (Å²) in [4.78, 5) is 17.3. The minimum absolute atomic E-state index is 0.238. The number of hydrogen-bond acceptors (Lipinski definition) is 6. The van der Waals surface area contributed by atoms with Gasteiger partial charge < -0.3 is 14.4 Å². The second-order valence-corrected chi connectivity index (χ2v) is 10.2. The maximum absolute atomic E-state index is 13.5. The number of benzene rings is 3. The molecule has 1 saturated heterocycles. The minimum Gasteiger partial charge on any atom is -0.450 e. The van der Waals surface area contributed by atoms with Crippen molar-refractivity contribution in [3.05, 3.63) is 106 Å². The van der Waals surface area contributed by atoms with Crippen molar-refractivity contribution >= 4 is 6.16 Å². The van der Waals surface area contributed by atoms with Crippen molar-refractivity contribution in [2.24, 2.45) is 0 Å². The van der Waals surface area contributed by atoms with Gasteiger partial charge in [0.25, 0.3) is 0 Å². The molecule has 3 aromatic carbocycles. The van der Waals surface area contributed by atoms with E-state index in [2.05, 4.69) is 15.0 Å². The molecule has 0 aliphatic carbocycles. The van der Waals surface area contributed by atoms with E-state index in [9.17, 15) is 18.0 Å². The highest BCUT2D eigenvalue weighted by Crippen LogP contribution is 2.35. The van der Waals surface area contributed by atoms with Crippen LogP contribution in [0.15, 0.2) is 71.3 Å². The standard InChI is InChI=1S/C30H28F3N3O4/c1-18-6-7-21(12-19(18)2)13-26(23-4-3-5-24(14-23)30(31,32)33)28-34-27(35-40-28)22-10-8-20(9-11-22)15-36-16-25(17-36)39-29(37)38/h3-12,14,25-26H,13,15-17H2,1-2H3,(H,37,38). The third kappa shape index (κ3) is 6.34. The smallest absolute Gasteiger partial charge is 0.450 e. The van der Waals surface area contributed by atoms with Crippen molar-refractivity contribution in [2.75, 3.05) is 13.1 Å². The molecule has 0 bridgehead atoms. The van der Waals surface area contributed by atoms with Gasteiger partial charge in [0, 0.05) is 25.2 Å². The number of ether oxygens (including phenoxy) is 1. The summed E-state index contributed by atoms with van der Waals surface area (Å²) in [6.45, 7) is 5.73. The van der Waals surface area contributed by atoms with Crippen LogP contribution < -0.4 is 0 Å². The number of alkyl halides is 3. The third-order valence-electron chi connectivity index (χ3n) is 7.18. The van der Waals surface area contributed by atoms with Crippen molar-refractivity contribution in [3.8, 4) is 11.4 Å². The molecule has 1 atom stereocenters. The average Bonchev–Trinajstić information content (AvgIpc) is 3.38. The fraction of sp³-hybridized carbons (Fsp3) is 0.300. The number of halogens is 3. The lowest BCUT2D eigenvalue weighted by Gasteiger charge is -2.37. The van der Waals surface area contributed by atoms with Crippen LogP contribution in [0.1, 0.15) is 45.2 Å². The van der Waals surface area contributed by atoms with E-state index in [0.717, 1.165) is 34.4 Å². The number of rotatable bonds is 8. The van der Waals surface area contributed by atoms with Gasteiger partial charge in [-0.3, -0.25) is 4.90 Å². The van der Waals surface area contributed by atoms with Gasteiger partial charge in [0.1, 0.15) is 6.10 Å². The monoisotopic (exact) mass is 551 g/mol. The van der Waals surface area contributed by atoms with Crippen molar-refractivity contribution in [1.82, 2.24) is 15.0 Å². The Hall–Kier alpha value is -4.18. The summed E-state index contributed by atoms with van der Waals surface area (Å²) in [6, 6.07) is 18.8. The lowest BCUT2D eigenvalue weighted by molar-refractivity contribution is -0.137. The molecule has 1 aromatic heterocycles. The van der Waals surface area contributed by atoms with Crippen LogP contribution in [0.25, 0.3) is 11.4 Å². The van der Waals surface area contributed by atoms with Gasteiger partial charge in [-0.05, 0) is 54.2 Å². The Kier molecular flexibility index (Phi) is 7.62. The molecular weight excluding hydrogens is 523 g/mol. The van der Waals surface area contributed by atoms with E-state index in [0.29, 0.717) is 43.0 Å². The van der Waals surface area contributed by atoms with Crippen LogP contribution in [-0.4, -0.2) is 45.5 Å². The summed E-state index contributed by atoms with van der Waals surface area (Å²) < 4.78 is 50.9. The van der Waals surface area contributed by atoms with Crippen LogP contribution in [-0.2, 0) is 23.9 Å². The van der Waals surface area contributed by atoms with Crippen molar-refractivity contribution in [3.63, 3.8) is 0 Å². The van der Waals surface area contributed by atoms with Gasteiger partial charge in [-0.1, -0.05) is 65.8 Å². The zero-order chi connectivity index (χ0) is 28.4. The summed E-state index contributed by atoms with van der Waals surface area (Å²) in [7, 11) is 0. The van der Waals surface area contributed by atoms with Crippen LogP contribution in [0.5, 0.6) is 0 Å². The second kappa shape index (κ2) is 11.1. The fourth-order valence-corrected chi connectivity index (χ4v) is 4.83. The number of carboxylic acid groups (broad SMARTS) is 1. The number of nitrogens with zero attached hydrogens (tertiary/aromatic N) is 3. The molecule has 40 heavy (non-hydrogen) atoms. The van der Waals surface area contributed by atoms with Crippen LogP contribution in [0.4, 0.5) is 18.0 Å². The Balaban J connectivity index is 1.36. The molecule has 208 valence electrons. The third-order valence-corrected chi connectivity index (χ3v) is 7.18. The molecule has 5 rings (SSSR count). The first kappa shape index (κ1) is 27.4. The first-order valence-corrected chi connectivity index (χ1v) is 12.8. The molecule has 10 heteroatoms. The van der Waals surface area contributed by atoms with Crippen LogP contribution in [0, 0.1) is 13.8 Å². The van der Waals surface area contributed by atoms with Gasteiger partial charge in [0.05, 0.1) is 11.5 Å². The van der Waals surface area contributed by atoms with Gasteiger partial charge in [-0.25, -0.2) is 4.79 Å². The molecule has 1 aliphatic rings. The maximum Gasteiger partial charge on any atom is 0.506 e. The highest BCUT2D eigenvalue weighted by Gasteiger charge is 2.32.